The Morgan fingerprint density at radius 1 is 1.07 bits per heavy atom. The summed E-state index contributed by atoms with van der Waals surface area (Å²) in [6.07, 6.45) is 0. The summed E-state index contributed by atoms with van der Waals surface area (Å²) in [6.45, 7) is 1.59. The molecule has 0 aliphatic carbocycles. The van der Waals surface area contributed by atoms with Gasteiger partial charge in [0, 0.05) is 35.3 Å². The zero-order chi connectivity index (χ0) is 19.0. The second-order valence-corrected chi connectivity index (χ2v) is 6.32. The summed E-state index contributed by atoms with van der Waals surface area (Å²) in [5, 5.41) is 14.3. The lowest BCUT2D eigenvalue weighted by atomic mass is 10.1. The van der Waals surface area contributed by atoms with Crippen molar-refractivity contribution >= 4 is 33.5 Å². The summed E-state index contributed by atoms with van der Waals surface area (Å²) in [5.74, 6) is -0.517. The van der Waals surface area contributed by atoms with Crippen LogP contribution in [0.15, 0.2) is 54.6 Å². The van der Waals surface area contributed by atoms with E-state index < -0.39 is 5.91 Å². The van der Waals surface area contributed by atoms with Crippen LogP contribution in [0.25, 0.3) is 21.8 Å². The predicted molar refractivity (Wildman–Crippen MR) is 103 cm³/mol. The molecule has 0 fully saturated rings. The van der Waals surface area contributed by atoms with Crippen LogP contribution in [0.4, 0.5) is 0 Å². The number of rotatable bonds is 4. The summed E-state index contributed by atoms with van der Waals surface area (Å²) in [4.78, 5) is 32.2. The van der Waals surface area contributed by atoms with Gasteiger partial charge in [0.15, 0.2) is 5.78 Å². The van der Waals surface area contributed by atoms with Crippen molar-refractivity contribution in [1.82, 2.24) is 15.3 Å². The summed E-state index contributed by atoms with van der Waals surface area (Å²) in [5.41, 5.74) is 2.50. The number of H-pyrrole nitrogens is 1. The fourth-order valence-electron chi connectivity index (χ4n) is 3.14. The van der Waals surface area contributed by atoms with Crippen LogP contribution in [0, 0.1) is 0 Å². The Balaban J connectivity index is 1.74. The molecule has 27 heavy (non-hydrogen) atoms. The predicted octanol–water partition coefficient (Wildman–Crippen LogP) is 3.55. The van der Waals surface area contributed by atoms with Crippen molar-refractivity contribution in [3.8, 4) is 5.75 Å². The second kappa shape index (κ2) is 6.57. The quantitative estimate of drug-likeness (QED) is 0.486. The van der Waals surface area contributed by atoms with E-state index in [0.717, 1.165) is 16.3 Å². The Bertz CT molecular complexity index is 1190. The third-order valence-electron chi connectivity index (χ3n) is 4.49. The van der Waals surface area contributed by atoms with Crippen LogP contribution >= 0.6 is 0 Å². The van der Waals surface area contributed by atoms with Gasteiger partial charge in [0.25, 0.3) is 5.91 Å². The molecule has 6 nitrogen and oxygen atoms in total. The summed E-state index contributed by atoms with van der Waals surface area (Å²) >= 11 is 0. The van der Waals surface area contributed by atoms with Gasteiger partial charge in [-0.15, -0.1) is 0 Å². The number of hydrogen-bond acceptors (Lipinski definition) is 4. The Morgan fingerprint density at radius 2 is 1.81 bits per heavy atom. The van der Waals surface area contributed by atoms with Gasteiger partial charge in [-0.1, -0.05) is 36.4 Å². The molecule has 0 aliphatic heterocycles. The van der Waals surface area contributed by atoms with Crippen LogP contribution in [-0.4, -0.2) is 26.8 Å². The van der Waals surface area contributed by atoms with Crippen molar-refractivity contribution in [3.05, 3.63) is 71.5 Å². The topological polar surface area (TPSA) is 95.1 Å². The van der Waals surface area contributed by atoms with Gasteiger partial charge in [0.1, 0.15) is 17.1 Å². The number of aromatic hydroxyl groups is 1. The number of aromatic amines is 1. The normalized spacial score (nSPS) is 11.0. The minimum Gasteiger partial charge on any atom is -0.508 e. The maximum absolute atomic E-state index is 12.6. The molecule has 4 rings (SSSR count). The SMILES string of the molecule is CC(=O)c1nc(C(=O)NCc2ccccc2O)cc2c1[nH]c1ccccc12. The highest BCUT2D eigenvalue weighted by Crippen LogP contribution is 2.28. The van der Waals surface area contributed by atoms with Gasteiger partial charge >= 0.3 is 0 Å². The van der Waals surface area contributed by atoms with Crippen LogP contribution in [0.5, 0.6) is 5.75 Å². The van der Waals surface area contributed by atoms with Crippen molar-refractivity contribution in [2.45, 2.75) is 13.5 Å². The summed E-state index contributed by atoms with van der Waals surface area (Å²) < 4.78 is 0. The highest BCUT2D eigenvalue weighted by molar-refractivity contribution is 6.15. The molecule has 0 saturated heterocycles. The molecular formula is C21H17N3O3. The highest BCUT2D eigenvalue weighted by atomic mass is 16.3. The molecular weight excluding hydrogens is 342 g/mol. The lowest BCUT2D eigenvalue weighted by Crippen LogP contribution is -2.24. The first kappa shape index (κ1) is 16.8. The number of phenolic OH excluding ortho intramolecular Hbond substituents is 1. The molecule has 0 spiro atoms. The van der Waals surface area contributed by atoms with E-state index in [9.17, 15) is 14.7 Å². The Kier molecular flexibility index (Phi) is 4.08. The Hall–Kier alpha value is -3.67. The van der Waals surface area contributed by atoms with Crippen LogP contribution in [-0.2, 0) is 6.54 Å². The van der Waals surface area contributed by atoms with E-state index in [1.807, 2.05) is 24.3 Å². The summed E-state index contributed by atoms with van der Waals surface area (Å²) in [6, 6.07) is 16.1. The van der Waals surface area contributed by atoms with Gasteiger partial charge < -0.3 is 15.4 Å². The number of fused-ring (bicyclic) bond motifs is 3. The average Bonchev–Trinajstić information content (AvgIpc) is 3.05. The minimum absolute atomic E-state index is 0.113. The third kappa shape index (κ3) is 3.01. The van der Waals surface area contributed by atoms with E-state index >= 15 is 0 Å². The first-order valence-electron chi connectivity index (χ1n) is 8.52. The molecule has 3 N–H and O–H groups in total. The number of para-hydroxylation sites is 2. The number of carbonyl (C=O) groups is 2. The molecule has 0 atom stereocenters. The molecule has 0 bridgehead atoms. The van der Waals surface area contributed by atoms with Crippen molar-refractivity contribution < 1.29 is 14.7 Å². The molecule has 0 radical (unpaired) electrons. The van der Waals surface area contributed by atoms with Crippen molar-refractivity contribution in [2.75, 3.05) is 0 Å². The number of nitrogens with zero attached hydrogens (tertiary/aromatic N) is 1. The number of Topliss-reactive ketones (excluding diaryl/α,β-unsaturated/α-hetero) is 1. The largest absolute Gasteiger partial charge is 0.508 e. The lowest BCUT2D eigenvalue weighted by molar-refractivity contribution is 0.0946. The monoisotopic (exact) mass is 359 g/mol. The Morgan fingerprint density at radius 3 is 2.59 bits per heavy atom. The number of ketones is 1. The third-order valence-corrected chi connectivity index (χ3v) is 4.49. The molecule has 0 aliphatic rings. The molecule has 2 heterocycles. The standard InChI is InChI=1S/C21H17N3O3/c1-12(25)19-20-15(14-7-3-4-8-16(14)23-20)10-17(24-19)21(27)22-11-13-6-2-5-9-18(13)26/h2-10,23,26H,11H2,1H3,(H,22,27). The molecule has 2 aromatic carbocycles. The van der Waals surface area contributed by atoms with Crippen molar-refractivity contribution in [2.24, 2.45) is 0 Å². The van der Waals surface area contributed by atoms with E-state index in [2.05, 4.69) is 15.3 Å². The van der Waals surface area contributed by atoms with E-state index in [0.29, 0.717) is 11.1 Å². The smallest absolute Gasteiger partial charge is 0.270 e. The fourth-order valence-corrected chi connectivity index (χ4v) is 3.14. The van der Waals surface area contributed by atoms with E-state index in [-0.39, 0.29) is 29.5 Å². The van der Waals surface area contributed by atoms with Crippen molar-refractivity contribution in [3.63, 3.8) is 0 Å². The number of hydrogen-bond donors (Lipinski definition) is 3. The fraction of sp³-hybridized carbons (Fsp3) is 0.0952. The van der Waals surface area contributed by atoms with Gasteiger partial charge in [-0.05, 0) is 18.2 Å². The molecule has 134 valence electrons. The van der Waals surface area contributed by atoms with E-state index in [1.54, 1.807) is 30.3 Å². The van der Waals surface area contributed by atoms with Crippen LogP contribution in [0.2, 0.25) is 0 Å². The molecule has 0 saturated carbocycles. The summed E-state index contributed by atoms with van der Waals surface area (Å²) in [7, 11) is 0. The lowest BCUT2D eigenvalue weighted by Gasteiger charge is -2.08. The Labute approximate surface area is 154 Å². The van der Waals surface area contributed by atoms with Gasteiger partial charge in [-0.25, -0.2) is 4.98 Å². The number of pyridine rings is 1. The number of benzene rings is 2. The molecule has 4 aromatic rings. The van der Waals surface area contributed by atoms with E-state index in [1.165, 1.54) is 6.92 Å². The molecule has 0 unspecified atom stereocenters. The molecule has 6 heteroatoms. The van der Waals surface area contributed by atoms with Crippen LogP contribution in [0.3, 0.4) is 0 Å². The van der Waals surface area contributed by atoms with Gasteiger partial charge in [-0.2, -0.15) is 0 Å². The number of nitrogens with one attached hydrogen (secondary N) is 2. The number of phenols is 1. The second-order valence-electron chi connectivity index (χ2n) is 6.32. The van der Waals surface area contributed by atoms with E-state index in [4.69, 9.17) is 0 Å². The zero-order valence-corrected chi connectivity index (χ0v) is 14.6. The number of aromatic nitrogens is 2. The minimum atomic E-state index is -0.409. The van der Waals surface area contributed by atoms with Gasteiger partial charge in [-0.3, -0.25) is 9.59 Å². The zero-order valence-electron chi connectivity index (χ0n) is 14.6. The van der Waals surface area contributed by atoms with Gasteiger partial charge in [0.2, 0.25) is 0 Å². The first-order chi connectivity index (χ1) is 13.0. The average molecular weight is 359 g/mol. The number of carbonyl (C=O) groups excluding carboxylic acids is 2. The van der Waals surface area contributed by atoms with Crippen LogP contribution in [0.1, 0.15) is 33.5 Å². The first-order valence-corrected chi connectivity index (χ1v) is 8.52. The van der Waals surface area contributed by atoms with Crippen LogP contribution < -0.4 is 5.32 Å². The maximum atomic E-state index is 12.6. The molecule has 2 aromatic heterocycles. The van der Waals surface area contributed by atoms with Gasteiger partial charge in [0.05, 0.1) is 5.52 Å². The number of amides is 1. The molecule has 1 amide bonds. The maximum Gasteiger partial charge on any atom is 0.270 e. The highest BCUT2D eigenvalue weighted by Gasteiger charge is 2.18. The van der Waals surface area contributed by atoms with Crippen molar-refractivity contribution in [1.29, 1.82) is 0 Å².